The molecule has 104 valence electrons. The molecule has 2 heterocycles. The van der Waals surface area contributed by atoms with Crippen LogP contribution in [0.3, 0.4) is 0 Å². The summed E-state index contributed by atoms with van der Waals surface area (Å²) in [7, 11) is 0. The van der Waals surface area contributed by atoms with Crippen LogP contribution in [0.4, 0.5) is 10.1 Å². The van der Waals surface area contributed by atoms with Crippen LogP contribution in [0, 0.1) is 5.82 Å². The summed E-state index contributed by atoms with van der Waals surface area (Å²) >= 11 is 5.88. The number of carbonyl (C=O) groups is 1. The molecule has 1 aliphatic heterocycles. The van der Waals surface area contributed by atoms with Crippen molar-refractivity contribution in [1.29, 1.82) is 0 Å². The second-order valence-electron chi connectivity index (χ2n) is 4.78. The first-order valence-corrected chi connectivity index (χ1v) is 6.84. The maximum atomic E-state index is 12.9. The van der Waals surface area contributed by atoms with E-state index in [-0.39, 0.29) is 10.9 Å². The van der Waals surface area contributed by atoms with Crippen LogP contribution in [-0.2, 0) is 13.0 Å². The minimum absolute atomic E-state index is 0.169. The van der Waals surface area contributed by atoms with Gasteiger partial charge in [-0.15, -0.1) is 0 Å². The second-order valence-corrected chi connectivity index (χ2v) is 5.19. The van der Waals surface area contributed by atoms with Crippen molar-refractivity contribution in [2.45, 2.75) is 25.8 Å². The van der Waals surface area contributed by atoms with Crippen LogP contribution in [-0.4, -0.2) is 15.7 Å². The van der Waals surface area contributed by atoms with Crippen molar-refractivity contribution in [2.75, 3.05) is 5.32 Å². The van der Waals surface area contributed by atoms with Gasteiger partial charge in [0.25, 0.3) is 5.91 Å². The van der Waals surface area contributed by atoms with Gasteiger partial charge in [0.15, 0.2) is 5.69 Å². The second kappa shape index (κ2) is 5.25. The number of nitrogens with one attached hydrogen (secondary N) is 1. The van der Waals surface area contributed by atoms with Crippen molar-refractivity contribution in [3.8, 4) is 0 Å². The number of halogens is 2. The lowest BCUT2D eigenvalue weighted by Crippen LogP contribution is -2.14. The molecule has 0 atom stereocenters. The van der Waals surface area contributed by atoms with Gasteiger partial charge in [-0.3, -0.25) is 9.48 Å². The number of amides is 1. The summed E-state index contributed by atoms with van der Waals surface area (Å²) in [6.45, 7) is 0.847. The van der Waals surface area contributed by atoms with Crippen LogP contribution >= 0.6 is 11.6 Å². The molecule has 0 aliphatic carbocycles. The van der Waals surface area contributed by atoms with Gasteiger partial charge in [0.05, 0.1) is 10.7 Å². The van der Waals surface area contributed by atoms with Crippen LogP contribution in [0.15, 0.2) is 24.3 Å². The maximum absolute atomic E-state index is 12.9. The van der Waals surface area contributed by atoms with E-state index in [4.69, 9.17) is 11.6 Å². The molecule has 2 aromatic rings. The van der Waals surface area contributed by atoms with E-state index in [0.29, 0.717) is 11.4 Å². The molecule has 0 bridgehead atoms. The van der Waals surface area contributed by atoms with Crippen molar-refractivity contribution < 1.29 is 9.18 Å². The van der Waals surface area contributed by atoms with Crippen molar-refractivity contribution >= 4 is 23.2 Å². The van der Waals surface area contributed by atoms with E-state index < -0.39 is 5.82 Å². The number of hydrogen-bond donors (Lipinski definition) is 1. The first-order chi connectivity index (χ1) is 9.63. The molecule has 1 aromatic heterocycles. The first kappa shape index (κ1) is 13.1. The van der Waals surface area contributed by atoms with Gasteiger partial charge in [-0.05, 0) is 43.5 Å². The van der Waals surface area contributed by atoms with Gasteiger partial charge >= 0.3 is 0 Å². The van der Waals surface area contributed by atoms with E-state index in [1.807, 2.05) is 4.68 Å². The monoisotopic (exact) mass is 293 g/mol. The van der Waals surface area contributed by atoms with E-state index >= 15 is 0 Å². The molecule has 1 amide bonds. The summed E-state index contributed by atoms with van der Waals surface area (Å²) in [4.78, 5) is 12.1. The minimum atomic E-state index is -0.439. The molecule has 1 aliphatic rings. The molecule has 4 nitrogen and oxygen atoms in total. The molecule has 0 radical (unpaired) electrons. The van der Waals surface area contributed by atoms with Crippen molar-refractivity contribution in [1.82, 2.24) is 9.78 Å². The number of anilines is 1. The standard InChI is InChI=1S/C14H13ClFN3O/c15-11-7-9(16)4-5-12(11)17-14(20)13-8-10-3-1-2-6-19(10)18-13/h4-5,7-8H,1-3,6H2,(H,17,20). The Morgan fingerprint density at radius 2 is 2.20 bits per heavy atom. The Morgan fingerprint density at radius 3 is 2.95 bits per heavy atom. The highest BCUT2D eigenvalue weighted by Gasteiger charge is 2.17. The predicted octanol–water partition coefficient (Wildman–Crippen LogP) is 3.26. The van der Waals surface area contributed by atoms with Crippen molar-refractivity contribution in [3.63, 3.8) is 0 Å². The van der Waals surface area contributed by atoms with Gasteiger partial charge in [-0.2, -0.15) is 5.10 Å². The number of fused-ring (bicyclic) bond motifs is 1. The molecule has 0 fully saturated rings. The SMILES string of the molecule is O=C(Nc1ccc(F)cc1Cl)c1cc2n(n1)CCCC2. The first-order valence-electron chi connectivity index (χ1n) is 6.46. The number of aryl methyl sites for hydroxylation is 2. The van der Waals surface area contributed by atoms with Crippen LogP contribution in [0.5, 0.6) is 0 Å². The van der Waals surface area contributed by atoms with E-state index in [2.05, 4.69) is 10.4 Å². The molecule has 1 N–H and O–H groups in total. The molecule has 0 saturated heterocycles. The predicted molar refractivity (Wildman–Crippen MR) is 74.5 cm³/mol. The smallest absolute Gasteiger partial charge is 0.276 e. The lowest BCUT2D eigenvalue weighted by atomic mass is 10.1. The zero-order valence-corrected chi connectivity index (χ0v) is 11.5. The van der Waals surface area contributed by atoms with Gasteiger partial charge in [0.1, 0.15) is 5.82 Å². The van der Waals surface area contributed by atoms with E-state index in [9.17, 15) is 9.18 Å². The molecule has 3 rings (SSSR count). The van der Waals surface area contributed by atoms with Gasteiger partial charge in [0.2, 0.25) is 0 Å². The summed E-state index contributed by atoms with van der Waals surface area (Å²) in [5, 5.41) is 7.10. The Labute approximate surface area is 120 Å². The Kier molecular flexibility index (Phi) is 3.44. The summed E-state index contributed by atoms with van der Waals surface area (Å²) in [6.07, 6.45) is 3.15. The number of hydrogen-bond acceptors (Lipinski definition) is 2. The number of aromatic nitrogens is 2. The lowest BCUT2D eigenvalue weighted by Gasteiger charge is -2.11. The fourth-order valence-corrected chi connectivity index (χ4v) is 2.52. The van der Waals surface area contributed by atoms with Gasteiger partial charge < -0.3 is 5.32 Å². The van der Waals surface area contributed by atoms with Crippen molar-refractivity contribution in [2.24, 2.45) is 0 Å². The molecule has 0 spiro atoms. The molecule has 0 saturated carbocycles. The summed E-state index contributed by atoms with van der Waals surface area (Å²) in [6, 6.07) is 5.65. The molecule has 6 heteroatoms. The van der Waals surface area contributed by atoms with Crippen LogP contribution in [0.2, 0.25) is 5.02 Å². The van der Waals surface area contributed by atoms with E-state index in [1.165, 1.54) is 12.1 Å². The highest BCUT2D eigenvalue weighted by molar-refractivity contribution is 6.33. The highest BCUT2D eigenvalue weighted by atomic mass is 35.5. The van der Waals surface area contributed by atoms with Crippen LogP contribution < -0.4 is 5.32 Å². The zero-order chi connectivity index (χ0) is 14.1. The molecular formula is C14H13ClFN3O. The normalized spacial score (nSPS) is 13.9. The molecule has 1 aromatic carbocycles. The fourth-order valence-electron chi connectivity index (χ4n) is 2.31. The third-order valence-electron chi connectivity index (χ3n) is 3.33. The lowest BCUT2D eigenvalue weighted by molar-refractivity contribution is 0.102. The van der Waals surface area contributed by atoms with Crippen LogP contribution in [0.25, 0.3) is 0 Å². The van der Waals surface area contributed by atoms with Gasteiger partial charge in [0, 0.05) is 12.2 Å². The molecule has 20 heavy (non-hydrogen) atoms. The molecule has 0 unspecified atom stereocenters. The quantitative estimate of drug-likeness (QED) is 0.924. The molecular weight excluding hydrogens is 281 g/mol. The highest BCUT2D eigenvalue weighted by Crippen LogP contribution is 2.23. The number of rotatable bonds is 2. The van der Waals surface area contributed by atoms with E-state index in [0.717, 1.165) is 37.6 Å². The Hall–Kier alpha value is -1.88. The average molecular weight is 294 g/mol. The summed E-state index contributed by atoms with van der Waals surface area (Å²) in [5.74, 6) is -0.772. The van der Waals surface area contributed by atoms with Gasteiger partial charge in [-0.1, -0.05) is 11.6 Å². The van der Waals surface area contributed by atoms with Crippen LogP contribution in [0.1, 0.15) is 29.0 Å². The average Bonchev–Trinajstić information content (AvgIpc) is 2.86. The maximum Gasteiger partial charge on any atom is 0.276 e. The Morgan fingerprint density at radius 1 is 1.35 bits per heavy atom. The third-order valence-corrected chi connectivity index (χ3v) is 3.64. The third kappa shape index (κ3) is 2.54. The minimum Gasteiger partial charge on any atom is -0.319 e. The van der Waals surface area contributed by atoms with Crippen molar-refractivity contribution in [3.05, 3.63) is 46.5 Å². The fraction of sp³-hybridized carbons (Fsp3) is 0.286. The largest absolute Gasteiger partial charge is 0.319 e. The summed E-state index contributed by atoms with van der Waals surface area (Å²) < 4.78 is 14.8. The Bertz CT molecular complexity index is 645. The number of carbonyl (C=O) groups excluding carboxylic acids is 1. The summed E-state index contributed by atoms with van der Waals surface area (Å²) in [5.41, 5.74) is 1.82. The topological polar surface area (TPSA) is 46.9 Å². The number of benzene rings is 1. The number of nitrogens with zero attached hydrogens (tertiary/aromatic N) is 2. The van der Waals surface area contributed by atoms with E-state index in [1.54, 1.807) is 6.07 Å². The van der Waals surface area contributed by atoms with Gasteiger partial charge in [-0.25, -0.2) is 4.39 Å². The Balaban J connectivity index is 1.80. The zero-order valence-electron chi connectivity index (χ0n) is 10.7.